The summed E-state index contributed by atoms with van der Waals surface area (Å²) in [5, 5.41) is 0. The van der Waals surface area contributed by atoms with E-state index in [-0.39, 0.29) is 17.9 Å². The summed E-state index contributed by atoms with van der Waals surface area (Å²) in [5.41, 5.74) is 13.8. The molecule has 1 atom stereocenters. The lowest BCUT2D eigenvalue weighted by molar-refractivity contribution is -0.129. The molecular formula is C17H19N5O2. The largest absolute Gasteiger partial charge is 0.368 e. The molecule has 1 unspecified atom stereocenters. The van der Waals surface area contributed by atoms with Crippen LogP contribution in [0.3, 0.4) is 0 Å². The lowest BCUT2D eigenvalue weighted by Gasteiger charge is -2.24. The predicted molar refractivity (Wildman–Crippen MR) is 89.8 cm³/mol. The van der Waals surface area contributed by atoms with E-state index in [1.165, 1.54) is 0 Å². The third kappa shape index (κ3) is 2.92. The van der Waals surface area contributed by atoms with E-state index < -0.39 is 5.91 Å². The number of benzene rings is 1. The number of hydrogen-bond donors (Lipinski definition) is 2. The van der Waals surface area contributed by atoms with Gasteiger partial charge in [0.15, 0.2) is 0 Å². The molecule has 0 bridgehead atoms. The molecule has 1 aromatic heterocycles. The lowest BCUT2D eigenvalue weighted by atomic mass is 9.98. The van der Waals surface area contributed by atoms with Crippen molar-refractivity contribution in [1.82, 2.24) is 14.9 Å². The Labute approximate surface area is 139 Å². The highest BCUT2D eigenvalue weighted by Gasteiger charge is 2.31. The summed E-state index contributed by atoms with van der Waals surface area (Å²) in [7, 11) is 0. The molecule has 7 heteroatoms. The summed E-state index contributed by atoms with van der Waals surface area (Å²) in [6.45, 7) is 2.25. The zero-order chi connectivity index (χ0) is 17.3. The molecule has 3 rings (SSSR count). The Morgan fingerprint density at radius 3 is 2.83 bits per heavy atom. The smallest absolute Gasteiger partial charge is 0.248 e. The van der Waals surface area contributed by atoms with Crippen LogP contribution in [-0.4, -0.2) is 33.2 Å². The molecule has 0 spiro atoms. The summed E-state index contributed by atoms with van der Waals surface area (Å²) < 4.78 is 0. The molecular weight excluding hydrogens is 306 g/mol. The highest BCUT2D eigenvalue weighted by atomic mass is 16.2. The van der Waals surface area contributed by atoms with Gasteiger partial charge in [-0.2, -0.15) is 0 Å². The molecule has 1 aliphatic heterocycles. The first-order chi connectivity index (χ1) is 11.5. The van der Waals surface area contributed by atoms with Gasteiger partial charge in [0.2, 0.25) is 17.8 Å². The number of carbonyl (C=O) groups is 2. The molecule has 1 fully saturated rings. The normalized spacial score (nSPS) is 17.0. The predicted octanol–water partition coefficient (Wildman–Crippen LogP) is 1.51. The Bertz CT molecular complexity index is 805. The van der Waals surface area contributed by atoms with Gasteiger partial charge in [0.1, 0.15) is 0 Å². The minimum Gasteiger partial charge on any atom is -0.368 e. The SMILES string of the molecule is CC(=O)N1CCCC1c1nc(N)ncc1-c1cccc(C(N)=O)c1. The highest BCUT2D eigenvalue weighted by Crippen LogP contribution is 2.36. The van der Waals surface area contributed by atoms with Gasteiger partial charge >= 0.3 is 0 Å². The molecule has 1 saturated heterocycles. The van der Waals surface area contributed by atoms with Gasteiger partial charge in [0, 0.05) is 30.8 Å². The fourth-order valence-corrected chi connectivity index (χ4v) is 3.15. The third-order valence-electron chi connectivity index (χ3n) is 4.27. The first-order valence-corrected chi connectivity index (χ1v) is 7.77. The van der Waals surface area contributed by atoms with Crippen LogP contribution in [0.1, 0.15) is 41.9 Å². The number of hydrogen-bond acceptors (Lipinski definition) is 5. The van der Waals surface area contributed by atoms with Crippen molar-refractivity contribution in [2.75, 3.05) is 12.3 Å². The van der Waals surface area contributed by atoms with Crippen LogP contribution in [0.25, 0.3) is 11.1 Å². The maximum atomic E-state index is 11.9. The van der Waals surface area contributed by atoms with Crippen molar-refractivity contribution in [2.45, 2.75) is 25.8 Å². The van der Waals surface area contributed by atoms with Gasteiger partial charge in [0.25, 0.3) is 0 Å². The second kappa shape index (κ2) is 6.27. The van der Waals surface area contributed by atoms with Crippen molar-refractivity contribution >= 4 is 17.8 Å². The molecule has 4 N–H and O–H groups in total. The van der Waals surface area contributed by atoms with Crippen molar-refractivity contribution in [3.05, 3.63) is 41.7 Å². The van der Waals surface area contributed by atoms with Crippen LogP contribution >= 0.6 is 0 Å². The van der Waals surface area contributed by atoms with E-state index in [1.807, 2.05) is 6.07 Å². The molecule has 1 aromatic carbocycles. The van der Waals surface area contributed by atoms with E-state index in [0.29, 0.717) is 17.8 Å². The molecule has 124 valence electrons. The van der Waals surface area contributed by atoms with Crippen molar-refractivity contribution in [3.8, 4) is 11.1 Å². The molecule has 2 aromatic rings. The van der Waals surface area contributed by atoms with Crippen molar-refractivity contribution in [3.63, 3.8) is 0 Å². The summed E-state index contributed by atoms with van der Waals surface area (Å²) in [6.07, 6.45) is 3.36. The molecule has 2 heterocycles. The number of amides is 2. The lowest BCUT2D eigenvalue weighted by Crippen LogP contribution is -2.29. The molecule has 7 nitrogen and oxygen atoms in total. The summed E-state index contributed by atoms with van der Waals surface area (Å²) in [6, 6.07) is 6.83. The van der Waals surface area contributed by atoms with Crippen LogP contribution in [-0.2, 0) is 4.79 Å². The van der Waals surface area contributed by atoms with Gasteiger partial charge in [-0.1, -0.05) is 12.1 Å². The molecule has 0 aliphatic carbocycles. The minimum absolute atomic E-state index is 0.00604. The number of anilines is 1. The second-order valence-corrected chi connectivity index (χ2v) is 5.84. The van der Waals surface area contributed by atoms with E-state index in [0.717, 1.165) is 24.0 Å². The average Bonchev–Trinajstić information content (AvgIpc) is 3.04. The topological polar surface area (TPSA) is 115 Å². The number of likely N-dealkylation sites (tertiary alicyclic amines) is 1. The van der Waals surface area contributed by atoms with Crippen LogP contribution < -0.4 is 11.5 Å². The van der Waals surface area contributed by atoms with Gasteiger partial charge in [-0.25, -0.2) is 9.97 Å². The first-order valence-electron chi connectivity index (χ1n) is 7.77. The molecule has 24 heavy (non-hydrogen) atoms. The molecule has 1 aliphatic rings. The van der Waals surface area contributed by atoms with Gasteiger partial charge in [-0.3, -0.25) is 9.59 Å². The van der Waals surface area contributed by atoms with Crippen LogP contribution in [0.5, 0.6) is 0 Å². The molecule has 0 radical (unpaired) electrons. The van der Waals surface area contributed by atoms with Crippen LogP contribution in [0, 0.1) is 0 Å². The van der Waals surface area contributed by atoms with E-state index in [9.17, 15) is 9.59 Å². The van der Waals surface area contributed by atoms with Gasteiger partial charge in [-0.15, -0.1) is 0 Å². The maximum Gasteiger partial charge on any atom is 0.248 e. The number of nitrogen functional groups attached to an aromatic ring is 1. The first kappa shape index (κ1) is 15.9. The monoisotopic (exact) mass is 325 g/mol. The molecule has 0 saturated carbocycles. The fraction of sp³-hybridized carbons (Fsp3) is 0.294. The standard InChI is InChI=1S/C17H19N5O2/c1-10(23)22-7-3-6-14(22)15-13(9-20-17(19)21-15)11-4-2-5-12(8-11)16(18)24/h2,4-5,8-9,14H,3,6-7H2,1H3,(H2,18,24)(H2,19,20,21). The zero-order valence-corrected chi connectivity index (χ0v) is 13.4. The Hall–Kier alpha value is -2.96. The number of nitrogens with two attached hydrogens (primary N) is 2. The zero-order valence-electron chi connectivity index (χ0n) is 13.4. The van der Waals surface area contributed by atoms with Crippen molar-refractivity contribution in [1.29, 1.82) is 0 Å². The van der Waals surface area contributed by atoms with Crippen LogP contribution in [0.15, 0.2) is 30.5 Å². The molecule has 2 amide bonds. The number of rotatable bonds is 3. The Morgan fingerprint density at radius 1 is 1.33 bits per heavy atom. The number of aromatic nitrogens is 2. The second-order valence-electron chi connectivity index (χ2n) is 5.84. The fourth-order valence-electron chi connectivity index (χ4n) is 3.15. The number of nitrogens with zero attached hydrogens (tertiary/aromatic N) is 3. The summed E-state index contributed by atoms with van der Waals surface area (Å²) in [4.78, 5) is 33.6. The Kier molecular flexibility index (Phi) is 4.16. The van der Waals surface area contributed by atoms with Crippen LogP contribution in [0.2, 0.25) is 0 Å². The highest BCUT2D eigenvalue weighted by molar-refractivity contribution is 5.94. The Morgan fingerprint density at radius 2 is 2.12 bits per heavy atom. The summed E-state index contributed by atoms with van der Waals surface area (Å²) in [5.74, 6) is -0.331. The van der Waals surface area contributed by atoms with Gasteiger partial charge < -0.3 is 16.4 Å². The minimum atomic E-state index is -0.499. The van der Waals surface area contributed by atoms with Gasteiger partial charge in [0.05, 0.1) is 11.7 Å². The van der Waals surface area contributed by atoms with Crippen LogP contribution in [0.4, 0.5) is 5.95 Å². The van der Waals surface area contributed by atoms with E-state index in [4.69, 9.17) is 11.5 Å². The Balaban J connectivity index is 2.11. The van der Waals surface area contributed by atoms with Crippen molar-refractivity contribution < 1.29 is 9.59 Å². The van der Waals surface area contributed by atoms with E-state index >= 15 is 0 Å². The quantitative estimate of drug-likeness (QED) is 0.887. The van der Waals surface area contributed by atoms with Gasteiger partial charge in [-0.05, 0) is 30.5 Å². The summed E-state index contributed by atoms with van der Waals surface area (Å²) >= 11 is 0. The van der Waals surface area contributed by atoms with Crippen molar-refractivity contribution in [2.24, 2.45) is 5.73 Å². The van der Waals surface area contributed by atoms with E-state index in [2.05, 4.69) is 9.97 Å². The third-order valence-corrected chi connectivity index (χ3v) is 4.27. The van der Waals surface area contributed by atoms with E-state index in [1.54, 1.807) is 36.2 Å². The number of primary amides is 1. The average molecular weight is 325 g/mol. The number of carbonyl (C=O) groups excluding carboxylic acids is 2. The maximum absolute atomic E-state index is 11.9.